The van der Waals surface area contributed by atoms with Crippen molar-refractivity contribution < 1.29 is 13.2 Å². The molecule has 0 amide bonds. The highest BCUT2D eigenvalue weighted by atomic mass is 19.4. The molecule has 1 atom stereocenters. The highest BCUT2D eigenvalue weighted by Gasteiger charge is 2.35. The second-order valence-corrected chi connectivity index (χ2v) is 5.57. The zero-order valence-corrected chi connectivity index (χ0v) is 11.7. The molecule has 0 heterocycles. The maximum absolute atomic E-state index is 13.1. The van der Waals surface area contributed by atoms with E-state index < -0.39 is 11.7 Å². The third kappa shape index (κ3) is 3.33. The second-order valence-electron chi connectivity index (χ2n) is 5.57. The van der Waals surface area contributed by atoms with Crippen LogP contribution in [0.2, 0.25) is 0 Å². The summed E-state index contributed by atoms with van der Waals surface area (Å²) in [5.74, 6) is 0.604. The third-order valence-electron chi connectivity index (χ3n) is 4.15. The minimum Gasteiger partial charge on any atom is -0.329 e. The molecule has 1 aromatic rings. The van der Waals surface area contributed by atoms with Crippen LogP contribution in [0.1, 0.15) is 36.4 Å². The number of rotatable bonds is 5. The van der Waals surface area contributed by atoms with Crippen LogP contribution in [-0.4, -0.2) is 25.0 Å². The molecule has 1 aliphatic carbocycles. The molecule has 0 aliphatic heterocycles. The van der Waals surface area contributed by atoms with Crippen LogP contribution in [0.15, 0.2) is 24.3 Å². The number of hydrogen-bond acceptors (Lipinski definition) is 2. The van der Waals surface area contributed by atoms with E-state index in [0.29, 0.717) is 5.92 Å². The zero-order chi connectivity index (χ0) is 14.8. The van der Waals surface area contributed by atoms with Gasteiger partial charge in [-0.3, -0.25) is 4.90 Å². The van der Waals surface area contributed by atoms with Gasteiger partial charge in [-0.05, 0) is 37.4 Å². The van der Waals surface area contributed by atoms with Gasteiger partial charge >= 0.3 is 6.18 Å². The molecule has 1 aromatic carbocycles. The Morgan fingerprint density at radius 2 is 1.95 bits per heavy atom. The lowest BCUT2D eigenvalue weighted by atomic mass is 9.84. The van der Waals surface area contributed by atoms with Gasteiger partial charge in [0.25, 0.3) is 0 Å². The van der Waals surface area contributed by atoms with Gasteiger partial charge in [-0.15, -0.1) is 0 Å². The Labute approximate surface area is 117 Å². The molecule has 2 rings (SSSR count). The molecule has 1 aliphatic rings. The lowest BCUT2D eigenvalue weighted by molar-refractivity contribution is -0.138. The first kappa shape index (κ1) is 15.3. The molecule has 2 N–H and O–H groups in total. The summed E-state index contributed by atoms with van der Waals surface area (Å²) in [6.45, 7) is 1.00. The van der Waals surface area contributed by atoms with Gasteiger partial charge in [0.2, 0.25) is 0 Å². The normalized spacial score (nSPS) is 18.1. The van der Waals surface area contributed by atoms with Gasteiger partial charge in [-0.25, -0.2) is 0 Å². The van der Waals surface area contributed by atoms with Crippen LogP contribution in [-0.2, 0) is 6.18 Å². The maximum atomic E-state index is 13.1. The standard InChI is InChI=1S/C15H21F3N2/c1-20(10-11-5-4-6-11)14(9-19)12-7-2-3-8-13(12)15(16,17)18/h2-3,7-8,11,14H,4-6,9-10,19H2,1H3. The van der Waals surface area contributed by atoms with Crippen molar-refractivity contribution in [3.05, 3.63) is 35.4 Å². The number of halogens is 3. The lowest BCUT2D eigenvalue weighted by Crippen LogP contribution is -2.37. The highest BCUT2D eigenvalue weighted by molar-refractivity contribution is 5.32. The average Bonchev–Trinajstić information content (AvgIpc) is 2.34. The number of benzene rings is 1. The molecule has 0 spiro atoms. The van der Waals surface area contributed by atoms with E-state index in [1.54, 1.807) is 6.07 Å². The summed E-state index contributed by atoms with van der Waals surface area (Å²) >= 11 is 0. The topological polar surface area (TPSA) is 29.3 Å². The number of likely N-dealkylation sites (N-methyl/N-ethyl adjacent to an activating group) is 1. The number of hydrogen-bond donors (Lipinski definition) is 1. The molecule has 1 saturated carbocycles. The SMILES string of the molecule is CN(CC1CCC1)C(CN)c1ccccc1C(F)(F)F. The monoisotopic (exact) mass is 286 g/mol. The van der Waals surface area contributed by atoms with Gasteiger partial charge in [-0.1, -0.05) is 24.6 Å². The van der Waals surface area contributed by atoms with Crippen LogP contribution >= 0.6 is 0 Å². The average molecular weight is 286 g/mol. The molecule has 112 valence electrons. The van der Waals surface area contributed by atoms with Crippen LogP contribution in [0.4, 0.5) is 13.2 Å². The van der Waals surface area contributed by atoms with Gasteiger partial charge in [0.15, 0.2) is 0 Å². The van der Waals surface area contributed by atoms with Crippen LogP contribution in [0, 0.1) is 5.92 Å². The van der Waals surface area contributed by atoms with Crippen molar-refractivity contribution in [1.29, 1.82) is 0 Å². The fourth-order valence-electron chi connectivity index (χ4n) is 2.80. The van der Waals surface area contributed by atoms with Crippen molar-refractivity contribution >= 4 is 0 Å². The number of nitrogens with two attached hydrogens (primary N) is 1. The van der Waals surface area contributed by atoms with Gasteiger partial charge in [0.05, 0.1) is 5.56 Å². The minimum absolute atomic E-state index is 0.191. The van der Waals surface area contributed by atoms with Crippen molar-refractivity contribution in [2.75, 3.05) is 20.1 Å². The van der Waals surface area contributed by atoms with E-state index in [1.807, 2.05) is 11.9 Å². The van der Waals surface area contributed by atoms with E-state index in [9.17, 15) is 13.2 Å². The molecule has 0 aromatic heterocycles. The van der Waals surface area contributed by atoms with Gasteiger partial charge < -0.3 is 5.73 Å². The summed E-state index contributed by atoms with van der Waals surface area (Å²) in [6.07, 6.45) is -0.767. The maximum Gasteiger partial charge on any atom is 0.416 e. The fraction of sp³-hybridized carbons (Fsp3) is 0.600. The first-order chi connectivity index (χ1) is 9.43. The van der Waals surface area contributed by atoms with E-state index in [2.05, 4.69) is 0 Å². The van der Waals surface area contributed by atoms with Crippen LogP contribution in [0.5, 0.6) is 0 Å². The molecule has 2 nitrogen and oxygen atoms in total. The smallest absolute Gasteiger partial charge is 0.329 e. The van der Waals surface area contributed by atoms with Crippen molar-refractivity contribution in [3.63, 3.8) is 0 Å². The molecule has 5 heteroatoms. The lowest BCUT2D eigenvalue weighted by Gasteiger charge is -2.35. The zero-order valence-electron chi connectivity index (χ0n) is 11.7. The molecule has 0 bridgehead atoms. The summed E-state index contributed by atoms with van der Waals surface area (Å²) in [6, 6.07) is 5.36. The van der Waals surface area contributed by atoms with Crippen LogP contribution < -0.4 is 5.73 Å². The van der Waals surface area contributed by atoms with Crippen molar-refractivity contribution in [3.8, 4) is 0 Å². The van der Waals surface area contributed by atoms with Crippen molar-refractivity contribution in [2.45, 2.75) is 31.5 Å². The predicted molar refractivity (Wildman–Crippen MR) is 73.2 cm³/mol. The second kappa shape index (κ2) is 6.14. The minimum atomic E-state index is -4.33. The van der Waals surface area contributed by atoms with Gasteiger partial charge in [-0.2, -0.15) is 13.2 Å². The third-order valence-corrected chi connectivity index (χ3v) is 4.15. The Hall–Kier alpha value is -1.07. The van der Waals surface area contributed by atoms with Gasteiger partial charge in [0, 0.05) is 19.1 Å². The predicted octanol–water partition coefficient (Wildman–Crippen LogP) is 3.44. The first-order valence-electron chi connectivity index (χ1n) is 7.00. The summed E-state index contributed by atoms with van der Waals surface area (Å²) in [5.41, 5.74) is 5.45. The Bertz CT molecular complexity index is 441. The Morgan fingerprint density at radius 1 is 1.30 bits per heavy atom. The first-order valence-corrected chi connectivity index (χ1v) is 7.00. The summed E-state index contributed by atoms with van der Waals surface area (Å²) in [5, 5.41) is 0. The number of alkyl halides is 3. The summed E-state index contributed by atoms with van der Waals surface area (Å²) in [7, 11) is 1.86. The largest absolute Gasteiger partial charge is 0.416 e. The molecule has 1 unspecified atom stereocenters. The molecule has 20 heavy (non-hydrogen) atoms. The van der Waals surface area contributed by atoms with Crippen molar-refractivity contribution in [2.24, 2.45) is 11.7 Å². The molecular formula is C15H21F3N2. The fourth-order valence-corrected chi connectivity index (χ4v) is 2.80. The molecular weight excluding hydrogens is 265 g/mol. The van der Waals surface area contributed by atoms with Gasteiger partial charge in [0.1, 0.15) is 0 Å². The Morgan fingerprint density at radius 3 is 2.45 bits per heavy atom. The Kier molecular flexibility index (Phi) is 4.70. The van der Waals surface area contributed by atoms with Crippen LogP contribution in [0.25, 0.3) is 0 Å². The molecule has 0 radical (unpaired) electrons. The summed E-state index contributed by atoms with van der Waals surface area (Å²) < 4.78 is 39.3. The Balaban J connectivity index is 2.22. The molecule has 1 fully saturated rings. The quantitative estimate of drug-likeness (QED) is 0.898. The summed E-state index contributed by atoms with van der Waals surface area (Å²) in [4.78, 5) is 1.97. The number of nitrogens with zero attached hydrogens (tertiary/aromatic N) is 1. The van der Waals surface area contributed by atoms with E-state index >= 15 is 0 Å². The molecule has 0 saturated heterocycles. The van der Waals surface area contributed by atoms with E-state index in [0.717, 1.165) is 12.6 Å². The van der Waals surface area contributed by atoms with Crippen molar-refractivity contribution in [1.82, 2.24) is 4.90 Å². The van der Waals surface area contributed by atoms with E-state index in [4.69, 9.17) is 5.73 Å². The van der Waals surface area contributed by atoms with Crippen LogP contribution in [0.3, 0.4) is 0 Å². The van der Waals surface area contributed by atoms with E-state index in [1.165, 1.54) is 31.4 Å². The highest BCUT2D eigenvalue weighted by Crippen LogP contribution is 2.36. The van der Waals surface area contributed by atoms with E-state index in [-0.39, 0.29) is 18.2 Å².